The first kappa shape index (κ1) is 18.8. The van der Waals surface area contributed by atoms with Gasteiger partial charge in [0.2, 0.25) is 5.75 Å². The van der Waals surface area contributed by atoms with E-state index in [4.69, 9.17) is 26.4 Å². The van der Waals surface area contributed by atoms with Crippen molar-refractivity contribution in [3.63, 3.8) is 0 Å². The average molecular weight is 416 g/mol. The molecular formula is C23H26O7. The van der Waals surface area contributed by atoms with Crippen LogP contribution in [0.2, 0.25) is 0 Å². The highest BCUT2D eigenvalue weighted by atomic mass is 16.6. The van der Waals surface area contributed by atoms with Gasteiger partial charge < -0.3 is 23.7 Å². The van der Waals surface area contributed by atoms with E-state index in [-0.39, 0.29) is 43.0 Å². The summed E-state index contributed by atoms with van der Waals surface area (Å²) in [4.78, 5) is 24.1. The fourth-order valence-corrected chi connectivity index (χ4v) is 3.13. The summed E-state index contributed by atoms with van der Waals surface area (Å²) in [6.45, 7) is 5.50. The number of methoxy groups -OCH3 is 2. The lowest BCUT2D eigenvalue weighted by Crippen LogP contribution is -2.33. The molecule has 7 heteroatoms. The van der Waals surface area contributed by atoms with Crippen LogP contribution in [0.1, 0.15) is 39.4 Å². The van der Waals surface area contributed by atoms with Crippen LogP contribution in [0.5, 0.6) is 17.2 Å². The van der Waals surface area contributed by atoms with Crippen molar-refractivity contribution in [3.8, 4) is 28.4 Å². The number of carbonyl (C=O) groups is 2. The average Bonchev–Trinajstić information content (AvgIpc) is 3.12. The molecule has 1 aliphatic rings. The molecule has 0 radical (unpaired) electrons. The minimum absolute atomic E-state index is 0.0461. The van der Waals surface area contributed by atoms with Crippen LogP contribution >= 0.6 is 0 Å². The van der Waals surface area contributed by atoms with Gasteiger partial charge in [0.25, 0.3) is 0 Å². The summed E-state index contributed by atoms with van der Waals surface area (Å²) < 4.78 is 42.2. The highest BCUT2D eigenvalue weighted by Crippen LogP contribution is 2.45. The Kier molecular flexibility index (Phi) is 5.42. The second-order valence-electron chi connectivity index (χ2n) is 7.43. The molecular weight excluding hydrogens is 388 g/mol. The van der Waals surface area contributed by atoms with Gasteiger partial charge in [0.1, 0.15) is 13.2 Å². The maximum absolute atomic E-state index is 12.3. The predicted molar refractivity (Wildman–Crippen MR) is 110 cm³/mol. The highest BCUT2D eigenvalue weighted by molar-refractivity contribution is 5.94. The quantitative estimate of drug-likeness (QED) is 0.602. The zero-order valence-corrected chi connectivity index (χ0v) is 17.4. The van der Waals surface area contributed by atoms with E-state index in [2.05, 4.69) is 0 Å². The SMILES string of the molecule is [2H]C([2H])Oc1c(OC)ccc(-c2ccc3c(c2)COC3=O)c1OCC(C)(C)C(=O)OCC. The normalized spacial score (nSPS) is 13.8. The Morgan fingerprint density at radius 1 is 1.17 bits per heavy atom. The Hall–Kier alpha value is -3.22. The van der Waals surface area contributed by atoms with Crippen molar-refractivity contribution in [2.45, 2.75) is 27.4 Å². The van der Waals surface area contributed by atoms with Crippen molar-refractivity contribution in [1.82, 2.24) is 0 Å². The van der Waals surface area contributed by atoms with E-state index in [0.29, 0.717) is 16.7 Å². The molecule has 30 heavy (non-hydrogen) atoms. The number of esters is 2. The molecule has 3 rings (SSSR count). The number of cyclic esters (lactones) is 1. The second kappa shape index (κ2) is 8.65. The topological polar surface area (TPSA) is 80.3 Å². The summed E-state index contributed by atoms with van der Waals surface area (Å²) in [7, 11) is -0.194. The summed E-state index contributed by atoms with van der Waals surface area (Å²) in [6.07, 6.45) is 0. The number of hydrogen-bond donors (Lipinski definition) is 0. The third-order valence-corrected chi connectivity index (χ3v) is 4.81. The molecule has 1 heterocycles. The Morgan fingerprint density at radius 3 is 2.63 bits per heavy atom. The maximum Gasteiger partial charge on any atom is 0.338 e. The van der Waals surface area contributed by atoms with E-state index in [9.17, 15) is 9.59 Å². The Balaban J connectivity index is 2.07. The third kappa shape index (κ3) is 4.06. The summed E-state index contributed by atoms with van der Waals surface area (Å²) in [6, 6.07) is 8.63. The highest BCUT2D eigenvalue weighted by Gasteiger charge is 2.32. The summed E-state index contributed by atoms with van der Waals surface area (Å²) in [5, 5.41) is 0. The van der Waals surface area contributed by atoms with Gasteiger partial charge in [-0.1, -0.05) is 6.07 Å². The van der Waals surface area contributed by atoms with Gasteiger partial charge in [-0.15, -0.1) is 0 Å². The van der Waals surface area contributed by atoms with Crippen LogP contribution in [0, 0.1) is 5.41 Å². The monoisotopic (exact) mass is 416 g/mol. The second-order valence-corrected chi connectivity index (χ2v) is 7.43. The molecule has 0 unspecified atom stereocenters. The molecule has 0 atom stereocenters. The van der Waals surface area contributed by atoms with Crippen LogP contribution in [0.25, 0.3) is 11.1 Å². The molecule has 0 fully saturated rings. The number of rotatable bonds is 8. The van der Waals surface area contributed by atoms with Crippen molar-refractivity contribution in [2.24, 2.45) is 5.41 Å². The van der Waals surface area contributed by atoms with Crippen LogP contribution in [0.3, 0.4) is 0 Å². The van der Waals surface area contributed by atoms with Crippen molar-refractivity contribution in [3.05, 3.63) is 41.5 Å². The molecule has 0 amide bonds. The van der Waals surface area contributed by atoms with Crippen molar-refractivity contribution >= 4 is 11.9 Å². The van der Waals surface area contributed by atoms with Crippen LogP contribution in [-0.4, -0.2) is 39.3 Å². The van der Waals surface area contributed by atoms with E-state index >= 15 is 0 Å². The molecule has 0 aliphatic carbocycles. The number of fused-ring (bicyclic) bond motifs is 1. The Bertz CT molecular complexity index is 1020. The minimum atomic E-state index is -1.63. The van der Waals surface area contributed by atoms with Gasteiger partial charge in [-0.2, -0.15) is 0 Å². The van der Waals surface area contributed by atoms with E-state index in [0.717, 1.165) is 5.56 Å². The number of ether oxygens (including phenoxy) is 5. The van der Waals surface area contributed by atoms with E-state index in [1.165, 1.54) is 7.11 Å². The molecule has 2 aromatic carbocycles. The molecule has 2 aromatic rings. The Labute approximate surface area is 178 Å². The van der Waals surface area contributed by atoms with Gasteiger partial charge in [-0.3, -0.25) is 4.79 Å². The van der Waals surface area contributed by atoms with Crippen LogP contribution in [-0.2, 0) is 20.9 Å². The van der Waals surface area contributed by atoms with Gasteiger partial charge in [-0.25, -0.2) is 4.79 Å². The van der Waals surface area contributed by atoms with Crippen molar-refractivity contribution in [2.75, 3.05) is 27.4 Å². The van der Waals surface area contributed by atoms with E-state index in [1.807, 2.05) is 6.07 Å². The van der Waals surface area contributed by atoms with Gasteiger partial charge in [0.05, 0.1) is 34.5 Å². The van der Waals surface area contributed by atoms with Gasteiger partial charge in [-0.05, 0) is 50.6 Å². The molecule has 0 aromatic heterocycles. The minimum Gasteiger partial charge on any atom is -0.493 e. The predicted octanol–water partition coefficient (Wildman–Crippen LogP) is 4.01. The van der Waals surface area contributed by atoms with Crippen LogP contribution in [0.4, 0.5) is 0 Å². The molecule has 1 aliphatic heterocycles. The van der Waals surface area contributed by atoms with E-state index in [1.54, 1.807) is 45.0 Å². The fraction of sp³-hybridized carbons (Fsp3) is 0.391. The molecule has 0 saturated carbocycles. The lowest BCUT2D eigenvalue weighted by Gasteiger charge is -2.25. The standard InChI is InChI=1S/C23H26O7/c1-6-28-22(25)23(2,3)13-30-19-16(9-10-18(26-4)20(19)27-5)14-7-8-17-15(11-14)12-29-21(17)24/h7-11H,6,12-13H2,1-5H3/i5D2. The van der Waals surface area contributed by atoms with Gasteiger partial charge >= 0.3 is 11.9 Å². The summed E-state index contributed by atoms with van der Waals surface area (Å²) in [5.74, 6) is -0.214. The van der Waals surface area contributed by atoms with Crippen molar-refractivity contribution < 1.29 is 36.0 Å². The molecule has 0 saturated heterocycles. The summed E-state index contributed by atoms with van der Waals surface area (Å²) >= 11 is 0. The first-order chi connectivity index (χ1) is 15.2. The molecule has 0 N–H and O–H groups in total. The van der Waals surface area contributed by atoms with Crippen LogP contribution in [0.15, 0.2) is 30.3 Å². The van der Waals surface area contributed by atoms with E-state index < -0.39 is 18.4 Å². The Morgan fingerprint density at radius 2 is 1.93 bits per heavy atom. The smallest absolute Gasteiger partial charge is 0.338 e. The first-order valence-corrected chi connectivity index (χ1v) is 9.50. The fourth-order valence-electron chi connectivity index (χ4n) is 3.13. The number of carbonyl (C=O) groups excluding carboxylic acids is 2. The zero-order chi connectivity index (χ0) is 23.5. The summed E-state index contributed by atoms with van der Waals surface area (Å²) in [5.41, 5.74) is 1.57. The third-order valence-electron chi connectivity index (χ3n) is 4.81. The van der Waals surface area contributed by atoms with Gasteiger partial charge in [0, 0.05) is 11.1 Å². The van der Waals surface area contributed by atoms with Crippen LogP contribution < -0.4 is 14.2 Å². The molecule has 160 valence electrons. The van der Waals surface area contributed by atoms with Gasteiger partial charge in [0.15, 0.2) is 11.5 Å². The molecule has 7 nitrogen and oxygen atoms in total. The maximum atomic E-state index is 12.3. The lowest BCUT2D eigenvalue weighted by molar-refractivity contribution is -0.155. The first-order valence-electron chi connectivity index (χ1n) is 10.7. The zero-order valence-electron chi connectivity index (χ0n) is 19.4. The largest absolute Gasteiger partial charge is 0.493 e. The molecule has 0 spiro atoms. The number of hydrogen-bond acceptors (Lipinski definition) is 7. The molecule has 0 bridgehead atoms. The van der Waals surface area contributed by atoms with Crippen molar-refractivity contribution in [1.29, 1.82) is 0 Å². The lowest BCUT2D eigenvalue weighted by atomic mass is 9.95. The number of benzene rings is 2.